The monoisotopic (exact) mass is 321 g/mol. The average Bonchev–Trinajstić information content (AvgIpc) is 2.69. The molecule has 0 bridgehead atoms. The molecule has 0 heterocycles. The number of halogens is 1. The number of hydrogen-bond donors (Lipinski definition) is 3. The Kier molecular flexibility index (Phi) is 7.70. The van der Waals surface area contributed by atoms with Crippen molar-refractivity contribution in [3.8, 4) is 0 Å². The molecule has 0 aromatic rings. The lowest BCUT2D eigenvalue weighted by atomic mass is 10.1. The van der Waals surface area contributed by atoms with E-state index in [1.807, 2.05) is 19.1 Å². The Labute approximate surface area is 135 Å². The zero-order valence-electron chi connectivity index (χ0n) is 12.4. The van der Waals surface area contributed by atoms with Gasteiger partial charge in [0.25, 0.3) is 0 Å². The van der Waals surface area contributed by atoms with Crippen LogP contribution in [0.15, 0.2) is 56.4 Å². The first kappa shape index (κ1) is 17.7. The third kappa shape index (κ3) is 5.57. The molecule has 0 amide bonds. The van der Waals surface area contributed by atoms with E-state index in [9.17, 15) is 0 Å². The summed E-state index contributed by atoms with van der Waals surface area (Å²) in [5.41, 5.74) is 12.4. The second kappa shape index (κ2) is 9.57. The molecular weight excluding hydrogens is 302 g/mol. The lowest BCUT2D eigenvalue weighted by molar-refractivity contribution is 0.135. The SMILES string of the molecule is C[C@@H](CN=CN)OC1=C(Cl)C=CC(C(C=NC=N)=CN)=CC1. The number of ether oxygens (including phenoxy) is 1. The summed E-state index contributed by atoms with van der Waals surface area (Å²) in [4.78, 5) is 7.70. The van der Waals surface area contributed by atoms with Gasteiger partial charge in [-0.25, -0.2) is 4.99 Å². The number of nitrogens with zero attached hydrogens (tertiary/aromatic N) is 2. The molecular formula is C15H20ClN5O. The van der Waals surface area contributed by atoms with Crippen LogP contribution in [0.25, 0.3) is 0 Å². The van der Waals surface area contributed by atoms with Crippen molar-refractivity contribution < 1.29 is 4.74 Å². The Morgan fingerprint density at radius 3 is 2.91 bits per heavy atom. The van der Waals surface area contributed by atoms with E-state index in [0.717, 1.165) is 11.9 Å². The van der Waals surface area contributed by atoms with Crippen molar-refractivity contribution in [2.75, 3.05) is 6.54 Å². The van der Waals surface area contributed by atoms with Gasteiger partial charge in [-0.05, 0) is 18.6 Å². The molecule has 0 saturated heterocycles. The summed E-state index contributed by atoms with van der Waals surface area (Å²) in [6, 6.07) is 0. The molecule has 118 valence electrons. The van der Waals surface area contributed by atoms with Crippen molar-refractivity contribution in [2.24, 2.45) is 21.5 Å². The number of aliphatic imine (C=N–C) groups is 2. The molecule has 0 aromatic carbocycles. The fourth-order valence-corrected chi connectivity index (χ4v) is 1.95. The Morgan fingerprint density at radius 1 is 1.50 bits per heavy atom. The minimum atomic E-state index is -0.129. The van der Waals surface area contributed by atoms with E-state index in [0.29, 0.717) is 29.3 Å². The summed E-state index contributed by atoms with van der Waals surface area (Å²) in [5, 5.41) is 7.45. The molecule has 0 aliphatic heterocycles. The maximum atomic E-state index is 6.93. The molecule has 0 spiro atoms. The topological polar surface area (TPSA) is 110 Å². The number of allylic oxidation sites excluding steroid dienone is 6. The van der Waals surface area contributed by atoms with Crippen molar-refractivity contribution in [2.45, 2.75) is 19.4 Å². The molecule has 0 unspecified atom stereocenters. The van der Waals surface area contributed by atoms with Gasteiger partial charge < -0.3 is 16.2 Å². The third-order valence-corrected chi connectivity index (χ3v) is 3.13. The summed E-state index contributed by atoms with van der Waals surface area (Å²) in [6.07, 6.45) is 11.1. The molecule has 7 heteroatoms. The van der Waals surface area contributed by atoms with Gasteiger partial charge in [-0.1, -0.05) is 23.8 Å². The summed E-state index contributed by atoms with van der Waals surface area (Å²) >= 11 is 6.23. The second-order valence-corrected chi connectivity index (χ2v) is 4.85. The van der Waals surface area contributed by atoms with Crippen LogP contribution in [0.4, 0.5) is 0 Å². The van der Waals surface area contributed by atoms with E-state index in [1.165, 1.54) is 18.8 Å². The highest BCUT2D eigenvalue weighted by molar-refractivity contribution is 6.31. The predicted molar refractivity (Wildman–Crippen MR) is 92.4 cm³/mol. The van der Waals surface area contributed by atoms with Gasteiger partial charge in [-0.15, -0.1) is 0 Å². The van der Waals surface area contributed by atoms with Crippen LogP contribution in [0.1, 0.15) is 13.3 Å². The number of nitrogens with one attached hydrogen (secondary N) is 1. The third-order valence-electron chi connectivity index (χ3n) is 2.80. The molecule has 6 nitrogen and oxygen atoms in total. The molecule has 0 fully saturated rings. The van der Waals surface area contributed by atoms with Crippen LogP contribution in [0.5, 0.6) is 0 Å². The summed E-state index contributed by atoms with van der Waals surface area (Å²) < 4.78 is 5.79. The fourth-order valence-electron chi connectivity index (χ4n) is 1.76. The van der Waals surface area contributed by atoms with Crippen molar-refractivity contribution in [1.82, 2.24) is 0 Å². The van der Waals surface area contributed by atoms with Gasteiger partial charge in [0, 0.05) is 24.4 Å². The quantitative estimate of drug-likeness (QED) is 0.494. The number of nitrogens with two attached hydrogens (primary N) is 2. The smallest absolute Gasteiger partial charge is 0.119 e. The normalized spacial score (nSPS) is 17.7. The fraction of sp³-hybridized carbons (Fsp3) is 0.267. The van der Waals surface area contributed by atoms with Crippen LogP contribution in [-0.2, 0) is 4.74 Å². The highest BCUT2D eigenvalue weighted by Gasteiger charge is 2.12. The standard InChI is InChI=1S/C15H20ClN5O/c1-11(7-20-9-18)22-15-5-3-12(2-4-14(15)16)13(6-17)8-21-10-19/h2-4,6,8-11,19H,5,7,17H2,1H3,(H2,18,20)/t11-/m0/s1. The summed E-state index contributed by atoms with van der Waals surface area (Å²) in [7, 11) is 0. The van der Waals surface area contributed by atoms with E-state index in [-0.39, 0.29) is 6.10 Å². The average molecular weight is 322 g/mol. The van der Waals surface area contributed by atoms with E-state index >= 15 is 0 Å². The first-order valence-electron chi connectivity index (χ1n) is 6.70. The molecule has 5 N–H and O–H groups in total. The Morgan fingerprint density at radius 2 is 2.27 bits per heavy atom. The first-order valence-corrected chi connectivity index (χ1v) is 7.08. The first-order chi connectivity index (χ1) is 10.6. The van der Waals surface area contributed by atoms with Gasteiger partial charge in [0.1, 0.15) is 18.2 Å². The maximum Gasteiger partial charge on any atom is 0.119 e. The van der Waals surface area contributed by atoms with Crippen molar-refractivity contribution in [1.29, 1.82) is 5.41 Å². The van der Waals surface area contributed by atoms with Crippen molar-refractivity contribution in [3.63, 3.8) is 0 Å². The highest BCUT2D eigenvalue weighted by atomic mass is 35.5. The number of rotatable bonds is 7. The van der Waals surface area contributed by atoms with Gasteiger partial charge in [0.2, 0.25) is 0 Å². The van der Waals surface area contributed by atoms with Crippen molar-refractivity contribution >= 4 is 30.5 Å². The van der Waals surface area contributed by atoms with Crippen LogP contribution >= 0.6 is 11.6 Å². The van der Waals surface area contributed by atoms with Gasteiger partial charge in [0.15, 0.2) is 0 Å². The molecule has 1 aliphatic rings. The molecule has 1 atom stereocenters. The summed E-state index contributed by atoms with van der Waals surface area (Å²) in [5.74, 6) is 0.660. The Hall–Kier alpha value is -2.34. The molecule has 1 aliphatic carbocycles. The van der Waals surface area contributed by atoms with E-state index in [2.05, 4.69) is 9.98 Å². The van der Waals surface area contributed by atoms with Gasteiger partial charge >= 0.3 is 0 Å². The molecule has 0 saturated carbocycles. The second-order valence-electron chi connectivity index (χ2n) is 4.44. The van der Waals surface area contributed by atoms with Crippen LogP contribution in [-0.4, -0.2) is 31.5 Å². The lowest BCUT2D eigenvalue weighted by Crippen LogP contribution is -2.13. The van der Waals surface area contributed by atoms with Crippen LogP contribution < -0.4 is 11.5 Å². The maximum absolute atomic E-state index is 6.93. The molecule has 0 aromatic heterocycles. The van der Waals surface area contributed by atoms with Crippen LogP contribution in [0.3, 0.4) is 0 Å². The van der Waals surface area contributed by atoms with E-state index in [4.69, 9.17) is 33.2 Å². The van der Waals surface area contributed by atoms with Gasteiger partial charge in [0.05, 0.1) is 17.9 Å². The van der Waals surface area contributed by atoms with E-state index in [1.54, 1.807) is 6.08 Å². The predicted octanol–water partition coefficient (Wildman–Crippen LogP) is 2.24. The molecule has 1 rings (SSSR count). The minimum absolute atomic E-state index is 0.129. The number of hydrogen-bond acceptors (Lipinski definition) is 4. The Bertz CT molecular complexity index is 572. The zero-order valence-corrected chi connectivity index (χ0v) is 13.1. The van der Waals surface area contributed by atoms with E-state index < -0.39 is 0 Å². The van der Waals surface area contributed by atoms with Gasteiger partial charge in [-0.2, -0.15) is 0 Å². The zero-order chi connectivity index (χ0) is 16.4. The summed E-state index contributed by atoms with van der Waals surface area (Å²) in [6.45, 7) is 2.36. The lowest BCUT2D eigenvalue weighted by Gasteiger charge is -2.15. The molecule has 22 heavy (non-hydrogen) atoms. The largest absolute Gasteiger partial charge is 0.491 e. The highest BCUT2D eigenvalue weighted by Crippen LogP contribution is 2.25. The van der Waals surface area contributed by atoms with Crippen molar-refractivity contribution in [3.05, 3.63) is 46.4 Å². The van der Waals surface area contributed by atoms with Gasteiger partial charge in [-0.3, -0.25) is 10.4 Å². The van der Waals surface area contributed by atoms with Crippen LogP contribution in [0.2, 0.25) is 0 Å². The van der Waals surface area contributed by atoms with Crippen LogP contribution in [0, 0.1) is 5.41 Å². The molecule has 0 radical (unpaired) electrons. The Balaban J connectivity index is 2.84. The minimum Gasteiger partial charge on any atom is -0.491 e.